The molecule has 0 aromatic heterocycles. The molecule has 3 rings (SSSR count). The van der Waals surface area contributed by atoms with E-state index in [0.29, 0.717) is 18.9 Å². The normalized spacial score (nSPS) is 28.0. The highest BCUT2D eigenvalue weighted by Gasteiger charge is 2.42. The molecule has 0 spiro atoms. The number of nitrogens with one attached hydrogen (secondary N) is 2. The van der Waals surface area contributed by atoms with Gasteiger partial charge < -0.3 is 25.5 Å². The van der Waals surface area contributed by atoms with Gasteiger partial charge in [-0.05, 0) is 58.0 Å². The Morgan fingerprint density at radius 1 is 1.23 bits per heavy atom. The first-order chi connectivity index (χ1) is 12.5. The second-order valence-electron chi connectivity index (χ2n) is 7.86. The zero-order chi connectivity index (χ0) is 18.7. The maximum Gasteiger partial charge on any atom is 0.325 e. The Labute approximate surface area is 154 Å². The third-order valence-electron chi connectivity index (χ3n) is 6.02. The molecule has 0 radical (unpaired) electrons. The quantitative estimate of drug-likeness (QED) is 0.635. The number of urea groups is 1. The first-order valence-electron chi connectivity index (χ1n) is 9.75. The van der Waals surface area contributed by atoms with Crippen LogP contribution in [0.5, 0.6) is 0 Å². The Morgan fingerprint density at radius 3 is 2.65 bits per heavy atom. The van der Waals surface area contributed by atoms with E-state index in [9.17, 15) is 14.4 Å². The molecular formula is C18H30N4O4. The summed E-state index contributed by atoms with van der Waals surface area (Å²) in [7, 11) is 0. The summed E-state index contributed by atoms with van der Waals surface area (Å²) in [6.45, 7) is 5.53. The van der Waals surface area contributed by atoms with Gasteiger partial charge in [0.15, 0.2) is 0 Å². The SMILES string of the molecule is CC(NC(=O)[C@@H]1CC[C@H]2CN(CCC3CCNCC3)C(=O)N2C1)C(=O)O. The molecule has 0 saturated carbocycles. The largest absolute Gasteiger partial charge is 0.480 e. The monoisotopic (exact) mass is 366 g/mol. The molecule has 3 atom stereocenters. The standard InChI is InChI=1S/C18H30N4O4/c1-12(17(24)25)20-16(23)14-2-3-15-11-21(18(26)22(15)10-14)9-6-13-4-7-19-8-5-13/h12-15,19H,2-11H2,1H3,(H,20,23)(H,24,25)/t12?,14-,15+/m1/s1. The van der Waals surface area contributed by atoms with Gasteiger partial charge in [-0.15, -0.1) is 0 Å². The highest BCUT2D eigenvalue weighted by molar-refractivity contribution is 5.86. The number of fused-ring (bicyclic) bond motifs is 1. The van der Waals surface area contributed by atoms with Gasteiger partial charge in [0.25, 0.3) is 0 Å². The van der Waals surface area contributed by atoms with E-state index in [1.165, 1.54) is 19.8 Å². The van der Waals surface area contributed by atoms with Gasteiger partial charge in [0.2, 0.25) is 5.91 Å². The van der Waals surface area contributed by atoms with Crippen molar-refractivity contribution in [2.45, 2.75) is 51.1 Å². The number of amides is 3. The van der Waals surface area contributed by atoms with Crippen molar-refractivity contribution in [1.82, 2.24) is 20.4 Å². The lowest BCUT2D eigenvalue weighted by atomic mass is 9.92. The van der Waals surface area contributed by atoms with E-state index in [2.05, 4.69) is 10.6 Å². The lowest BCUT2D eigenvalue weighted by Gasteiger charge is -2.33. The Kier molecular flexibility index (Phi) is 6.01. The molecular weight excluding hydrogens is 336 g/mol. The smallest absolute Gasteiger partial charge is 0.325 e. The third kappa shape index (κ3) is 4.28. The predicted octanol–water partition coefficient (Wildman–Crippen LogP) is 0.482. The zero-order valence-corrected chi connectivity index (χ0v) is 15.4. The van der Waals surface area contributed by atoms with E-state index in [0.717, 1.165) is 39.0 Å². The van der Waals surface area contributed by atoms with Crippen molar-refractivity contribution in [2.24, 2.45) is 11.8 Å². The highest BCUT2D eigenvalue weighted by Crippen LogP contribution is 2.29. The van der Waals surface area contributed by atoms with E-state index in [1.807, 2.05) is 9.80 Å². The first kappa shape index (κ1) is 18.9. The molecule has 146 valence electrons. The molecule has 0 aromatic rings. The van der Waals surface area contributed by atoms with Crippen molar-refractivity contribution in [2.75, 3.05) is 32.7 Å². The first-order valence-corrected chi connectivity index (χ1v) is 9.75. The van der Waals surface area contributed by atoms with Crippen LogP contribution in [-0.2, 0) is 9.59 Å². The highest BCUT2D eigenvalue weighted by atomic mass is 16.4. The van der Waals surface area contributed by atoms with Crippen molar-refractivity contribution < 1.29 is 19.5 Å². The fourth-order valence-electron chi connectivity index (χ4n) is 4.27. The molecule has 26 heavy (non-hydrogen) atoms. The number of carbonyl (C=O) groups excluding carboxylic acids is 2. The molecule has 3 amide bonds. The number of nitrogens with zero attached hydrogens (tertiary/aromatic N) is 2. The van der Waals surface area contributed by atoms with Crippen molar-refractivity contribution in [3.8, 4) is 0 Å². The fourth-order valence-corrected chi connectivity index (χ4v) is 4.27. The number of hydrogen-bond acceptors (Lipinski definition) is 4. The van der Waals surface area contributed by atoms with Gasteiger partial charge in [0, 0.05) is 19.6 Å². The van der Waals surface area contributed by atoms with Crippen LogP contribution in [0.15, 0.2) is 0 Å². The van der Waals surface area contributed by atoms with E-state index >= 15 is 0 Å². The average Bonchev–Trinajstić information content (AvgIpc) is 2.96. The van der Waals surface area contributed by atoms with Crippen LogP contribution in [0.4, 0.5) is 4.79 Å². The number of rotatable bonds is 6. The summed E-state index contributed by atoms with van der Waals surface area (Å²) in [6.07, 6.45) is 4.91. The number of aliphatic carboxylic acids is 1. The van der Waals surface area contributed by atoms with Crippen molar-refractivity contribution >= 4 is 17.9 Å². The van der Waals surface area contributed by atoms with Gasteiger partial charge >= 0.3 is 12.0 Å². The van der Waals surface area contributed by atoms with Crippen molar-refractivity contribution in [3.63, 3.8) is 0 Å². The predicted molar refractivity (Wildman–Crippen MR) is 95.6 cm³/mol. The van der Waals surface area contributed by atoms with Crippen LogP contribution in [0.3, 0.4) is 0 Å². The number of piperidine rings is 2. The summed E-state index contributed by atoms with van der Waals surface area (Å²) >= 11 is 0. The summed E-state index contributed by atoms with van der Waals surface area (Å²) in [5, 5.41) is 14.8. The number of carboxylic acid groups (broad SMARTS) is 1. The third-order valence-corrected chi connectivity index (χ3v) is 6.02. The van der Waals surface area contributed by atoms with Crippen LogP contribution in [0.25, 0.3) is 0 Å². The van der Waals surface area contributed by atoms with Crippen LogP contribution in [-0.4, -0.2) is 77.6 Å². The maximum atomic E-state index is 12.7. The number of carbonyl (C=O) groups is 3. The molecule has 3 saturated heterocycles. The molecule has 8 nitrogen and oxygen atoms in total. The van der Waals surface area contributed by atoms with Gasteiger partial charge in [0.05, 0.1) is 12.0 Å². The van der Waals surface area contributed by atoms with Crippen LogP contribution in [0.1, 0.15) is 39.0 Å². The fraction of sp³-hybridized carbons (Fsp3) is 0.833. The topological polar surface area (TPSA) is 102 Å². The zero-order valence-electron chi connectivity index (χ0n) is 15.4. The van der Waals surface area contributed by atoms with Crippen LogP contribution >= 0.6 is 0 Å². The van der Waals surface area contributed by atoms with Gasteiger partial charge in [-0.2, -0.15) is 0 Å². The minimum atomic E-state index is -1.05. The molecule has 0 bridgehead atoms. The molecule has 0 aliphatic carbocycles. The number of hydrogen-bond donors (Lipinski definition) is 3. The summed E-state index contributed by atoms with van der Waals surface area (Å²) in [4.78, 5) is 39.7. The molecule has 3 aliphatic heterocycles. The maximum absolute atomic E-state index is 12.7. The Balaban J connectivity index is 1.50. The molecule has 1 unspecified atom stereocenters. The van der Waals surface area contributed by atoms with E-state index < -0.39 is 12.0 Å². The van der Waals surface area contributed by atoms with Crippen LogP contribution in [0.2, 0.25) is 0 Å². The van der Waals surface area contributed by atoms with Crippen LogP contribution < -0.4 is 10.6 Å². The molecule has 3 N–H and O–H groups in total. The summed E-state index contributed by atoms with van der Waals surface area (Å²) < 4.78 is 0. The van der Waals surface area contributed by atoms with Gasteiger partial charge in [-0.25, -0.2) is 4.79 Å². The molecule has 3 fully saturated rings. The minimum absolute atomic E-state index is 0.0349. The van der Waals surface area contributed by atoms with Gasteiger partial charge in [0.1, 0.15) is 6.04 Å². The van der Waals surface area contributed by atoms with E-state index in [1.54, 1.807) is 0 Å². The minimum Gasteiger partial charge on any atom is -0.480 e. The van der Waals surface area contributed by atoms with E-state index in [4.69, 9.17) is 5.11 Å². The van der Waals surface area contributed by atoms with E-state index in [-0.39, 0.29) is 23.9 Å². The average molecular weight is 366 g/mol. The molecule has 8 heteroatoms. The van der Waals surface area contributed by atoms with Crippen LogP contribution in [0, 0.1) is 11.8 Å². The number of carboxylic acids is 1. The summed E-state index contributed by atoms with van der Waals surface area (Å²) in [5.41, 5.74) is 0. The Bertz CT molecular complexity index is 549. The second kappa shape index (κ2) is 8.24. The molecule has 3 aliphatic rings. The van der Waals surface area contributed by atoms with Gasteiger partial charge in [-0.3, -0.25) is 9.59 Å². The molecule has 3 heterocycles. The lowest BCUT2D eigenvalue weighted by molar-refractivity contribution is -0.142. The lowest BCUT2D eigenvalue weighted by Crippen LogP contribution is -2.49. The Morgan fingerprint density at radius 2 is 1.96 bits per heavy atom. The summed E-state index contributed by atoms with van der Waals surface area (Å²) in [5.74, 6) is -0.938. The van der Waals surface area contributed by atoms with Crippen molar-refractivity contribution in [3.05, 3.63) is 0 Å². The second-order valence-corrected chi connectivity index (χ2v) is 7.86. The van der Waals surface area contributed by atoms with Crippen molar-refractivity contribution in [1.29, 1.82) is 0 Å². The van der Waals surface area contributed by atoms with Gasteiger partial charge in [-0.1, -0.05) is 0 Å². The Hall–Kier alpha value is -1.83. The molecule has 0 aromatic carbocycles. The summed E-state index contributed by atoms with van der Waals surface area (Å²) in [6, 6.07) is -0.680.